The lowest BCUT2D eigenvalue weighted by Crippen LogP contribution is -2.14. The Morgan fingerprint density at radius 2 is 2.14 bits per heavy atom. The van der Waals surface area contributed by atoms with E-state index in [2.05, 4.69) is 0 Å². The summed E-state index contributed by atoms with van der Waals surface area (Å²) in [5, 5.41) is 10.0. The summed E-state index contributed by atoms with van der Waals surface area (Å²) in [5.41, 5.74) is 7.55. The van der Waals surface area contributed by atoms with E-state index in [1.165, 1.54) is 0 Å². The van der Waals surface area contributed by atoms with Crippen molar-refractivity contribution < 1.29 is 9.52 Å². The van der Waals surface area contributed by atoms with Crippen molar-refractivity contribution in [2.75, 3.05) is 6.61 Å². The normalized spacial score (nSPS) is 13.4. The van der Waals surface area contributed by atoms with E-state index in [1.807, 2.05) is 31.2 Å². The summed E-state index contributed by atoms with van der Waals surface area (Å²) in [7, 11) is 0. The maximum absolute atomic E-state index is 8.95. The molecule has 1 aromatic heterocycles. The van der Waals surface area contributed by atoms with Gasteiger partial charge in [-0.25, -0.2) is 0 Å². The number of hydrogen-bond acceptors (Lipinski definition) is 3. The van der Waals surface area contributed by atoms with Crippen LogP contribution in [-0.4, -0.2) is 11.7 Å². The van der Waals surface area contributed by atoms with Gasteiger partial charge in [-0.1, -0.05) is 18.2 Å². The first kappa shape index (κ1) is 9.24. The fourth-order valence-electron chi connectivity index (χ4n) is 1.63. The van der Waals surface area contributed by atoms with Crippen molar-refractivity contribution in [3.63, 3.8) is 0 Å². The average Bonchev–Trinajstić information content (AvgIpc) is 2.56. The van der Waals surface area contributed by atoms with Crippen LogP contribution in [0.1, 0.15) is 17.4 Å². The lowest BCUT2D eigenvalue weighted by atomic mass is 10.1. The maximum Gasteiger partial charge on any atom is 0.134 e. The molecular formula is C11H13NO2. The zero-order valence-electron chi connectivity index (χ0n) is 8.03. The summed E-state index contributed by atoms with van der Waals surface area (Å²) < 4.78 is 5.57. The molecule has 1 aromatic carbocycles. The highest BCUT2D eigenvalue weighted by molar-refractivity contribution is 5.82. The summed E-state index contributed by atoms with van der Waals surface area (Å²) in [6.45, 7) is 1.86. The van der Waals surface area contributed by atoms with E-state index in [1.54, 1.807) is 0 Å². The predicted molar refractivity (Wildman–Crippen MR) is 55.0 cm³/mol. The van der Waals surface area contributed by atoms with Gasteiger partial charge in [-0.15, -0.1) is 0 Å². The van der Waals surface area contributed by atoms with Gasteiger partial charge in [0.1, 0.15) is 11.3 Å². The van der Waals surface area contributed by atoms with Crippen LogP contribution >= 0.6 is 0 Å². The van der Waals surface area contributed by atoms with Crippen molar-refractivity contribution in [3.05, 3.63) is 35.6 Å². The van der Waals surface area contributed by atoms with Crippen molar-refractivity contribution in [1.29, 1.82) is 0 Å². The lowest BCUT2D eigenvalue weighted by Gasteiger charge is -2.04. The van der Waals surface area contributed by atoms with Crippen LogP contribution in [0, 0.1) is 6.92 Å². The molecule has 0 bridgehead atoms. The molecule has 3 heteroatoms. The Labute approximate surface area is 82.1 Å². The third kappa shape index (κ3) is 1.31. The van der Waals surface area contributed by atoms with Crippen molar-refractivity contribution in [1.82, 2.24) is 0 Å². The minimum absolute atomic E-state index is 0.0966. The molecule has 74 valence electrons. The molecule has 0 radical (unpaired) electrons. The van der Waals surface area contributed by atoms with E-state index in [9.17, 15) is 0 Å². The molecule has 0 unspecified atom stereocenters. The van der Waals surface area contributed by atoms with Gasteiger partial charge < -0.3 is 15.3 Å². The van der Waals surface area contributed by atoms with Gasteiger partial charge >= 0.3 is 0 Å². The SMILES string of the molecule is Cc1c([C@@H](N)CO)oc2ccccc12. The number of rotatable bonds is 2. The van der Waals surface area contributed by atoms with Crippen molar-refractivity contribution in [2.45, 2.75) is 13.0 Å². The monoisotopic (exact) mass is 191 g/mol. The van der Waals surface area contributed by atoms with Gasteiger partial charge in [-0.3, -0.25) is 0 Å². The molecular weight excluding hydrogens is 178 g/mol. The fourth-order valence-corrected chi connectivity index (χ4v) is 1.63. The van der Waals surface area contributed by atoms with Crippen LogP contribution in [-0.2, 0) is 0 Å². The standard InChI is InChI=1S/C11H13NO2/c1-7-8-4-2-3-5-10(8)14-11(7)9(12)6-13/h2-5,9,13H,6,12H2,1H3/t9-/m0/s1. The summed E-state index contributed by atoms with van der Waals surface area (Å²) in [6.07, 6.45) is 0. The Hall–Kier alpha value is -1.32. The van der Waals surface area contributed by atoms with Crippen LogP contribution in [0.2, 0.25) is 0 Å². The quantitative estimate of drug-likeness (QED) is 0.760. The number of aliphatic hydroxyl groups excluding tert-OH is 1. The number of hydrogen-bond donors (Lipinski definition) is 2. The van der Waals surface area contributed by atoms with Gasteiger partial charge in [0.15, 0.2) is 0 Å². The van der Waals surface area contributed by atoms with E-state index in [-0.39, 0.29) is 6.61 Å². The van der Waals surface area contributed by atoms with Crippen molar-refractivity contribution >= 4 is 11.0 Å². The average molecular weight is 191 g/mol. The fraction of sp³-hybridized carbons (Fsp3) is 0.273. The Morgan fingerprint density at radius 3 is 2.79 bits per heavy atom. The molecule has 0 aliphatic carbocycles. The summed E-state index contributed by atoms with van der Waals surface area (Å²) in [4.78, 5) is 0. The molecule has 1 atom stereocenters. The molecule has 0 aliphatic heterocycles. The van der Waals surface area contributed by atoms with Crippen LogP contribution in [0.3, 0.4) is 0 Å². The second-order valence-corrected chi connectivity index (χ2v) is 3.38. The number of aryl methyl sites for hydroxylation is 1. The predicted octanol–water partition coefficient (Wildman–Crippen LogP) is 1.73. The highest BCUT2D eigenvalue weighted by Gasteiger charge is 2.15. The van der Waals surface area contributed by atoms with E-state index >= 15 is 0 Å². The van der Waals surface area contributed by atoms with E-state index in [0.717, 1.165) is 16.5 Å². The third-order valence-electron chi connectivity index (χ3n) is 2.41. The van der Waals surface area contributed by atoms with Gasteiger partial charge in [0.05, 0.1) is 12.6 Å². The van der Waals surface area contributed by atoms with Gasteiger partial charge in [0.25, 0.3) is 0 Å². The zero-order chi connectivity index (χ0) is 10.1. The summed E-state index contributed by atoms with van der Waals surface area (Å²) >= 11 is 0. The van der Waals surface area contributed by atoms with Gasteiger partial charge in [0, 0.05) is 10.9 Å². The molecule has 2 rings (SSSR count). The Kier molecular flexibility index (Phi) is 2.27. The molecule has 0 saturated heterocycles. The summed E-state index contributed by atoms with van der Waals surface area (Å²) in [6, 6.07) is 7.33. The molecule has 0 amide bonds. The molecule has 0 saturated carbocycles. The van der Waals surface area contributed by atoms with Crippen molar-refractivity contribution in [3.8, 4) is 0 Å². The largest absolute Gasteiger partial charge is 0.459 e. The number of nitrogens with two attached hydrogens (primary N) is 1. The Balaban J connectivity index is 2.62. The molecule has 0 spiro atoms. The molecule has 1 heterocycles. The third-order valence-corrected chi connectivity index (χ3v) is 2.41. The van der Waals surface area contributed by atoms with E-state index in [0.29, 0.717) is 5.76 Å². The van der Waals surface area contributed by atoms with Gasteiger partial charge in [-0.2, -0.15) is 0 Å². The number of furan rings is 1. The first-order chi connectivity index (χ1) is 6.74. The smallest absolute Gasteiger partial charge is 0.134 e. The molecule has 2 aromatic rings. The molecule has 0 aliphatic rings. The first-order valence-corrected chi connectivity index (χ1v) is 4.58. The van der Waals surface area contributed by atoms with E-state index in [4.69, 9.17) is 15.3 Å². The van der Waals surface area contributed by atoms with Crippen LogP contribution in [0.4, 0.5) is 0 Å². The Morgan fingerprint density at radius 1 is 1.43 bits per heavy atom. The number of aliphatic hydroxyl groups is 1. The van der Waals surface area contributed by atoms with Crippen LogP contribution < -0.4 is 5.73 Å². The first-order valence-electron chi connectivity index (χ1n) is 4.58. The molecule has 3 nitrogen and oxygen atoms in total. The second kappa shape index (κ2) is 3.44. The van der Waals surface area contributed by atoms with Crippen LogP contribution in [0.5, 0.6) is 0 Å². The zero-order valence-corrected chi connectivity index (χ0v) is 8.03. The Bertz CT molecular complexity index is 447. The number of fused-ring (bicyclic) bond motifs is 1. The van der Waals surface area contributed by atoms with Crippen LogP contribution in [0.25, 0.3) is 11.0 Å². The van der Waals surface area contributed by atoms with Gasteiger partial charge in [-0.05, 0) is 13.0 Å². The minimum atomic E-state index is -0.428. The minimum Gasteiger partial charge on any atom is -0.459 e. The summed E-state index contributed by atoms with van der Waals surface area (Å²) in [5.74, 6) is 0.675. The number of benzene rings is 1. The highest BCUT2D eigenvalue weighted by atomic mass is 16.3. The van der Waals surface area contributed by atoms with Crippen LogP contribution in [0.15, 0.2) is 28.7 Å². The molecule has 0 fully saturated rings. The maximum atomic E-state index is 8.95. The second-order valence-electron chi connectivity index (χ2n) is 3.38. The molecule has 14 heavy (non-hydrogen) atoms. The highest BCUT2D eigenvalue weighted by Crippen LogP contribution is 2.27. The van der Waals surface area contributed by atoms with E-state index < -0.39 is 6.04 Å². The number of para-hydroxylation sites is 1. The van der Waals surface area contributed by atoms with Crippen molar-refractivity contribution in [2.24, 2.45) is 5.73 Å². The lowest BCUT2D eigenvalue weighted by molar-refractivity contribution is 0.253. The van der Waals surface area contributed by atoms with Gasteiger partial charge in [0.2, 0.25) is 0 Å². The topological polar surface area (TPSA) is 59.4 Å². The molecule has 3 N–H and O–H groups in total.